The summed E-state index contributed by atoms with van der Waals surface area (Å²) in [6.45, 7) is 2.66. The van der Waals surface area contributed by atoms with Gasteiger partial charge in [0.25, 0.3) is 0 Å². The molecule has 76 valence electrons. The average Bonchev–Trinajstić information content (AvgIpc) is 2.15. The second-order valence-corrected chi connectivity index (χ2v) is 3.12. The van der Waals surface area contributed by atoms with Gasteiger partial charge >= 0.3 is 6.09 Å². The quantitative estimate of drug-likeness (QED) is 0.653. The van der Waals surface area contributed by atoms with E-state index >= 15 is 0 Å². The van der Waals surface area contributed by atoms with E-state index in [2.05, 4.69) is 5.32 Å². The summed E-state index contributed by atoms with van der Waals surface area (Å²) in [5.74, 6) is 0. The van der Waals surface area contributed by atoms with Gasteiger partial charge in [0.05, 0.1) is 0 Å². The molecule has 0 aromatic carbocycles. The maximum absolute atomic E-state index is 10.8. The lowest BCUT2D eigenvalue weighted by atomic mass is 10.1. The highest BCUT2D eigenvalue weighted by molar-refractivity contribution is 5.65. The number of nitrogens with one attached hydrogen (secondary N) is 1. The number of piperazine rings is 1. The van der Waals surface area contributed by atoms with Gasteiger partial charge in [-0.3, -0.25) is 0 Å². The standard InChI is InChI=1S/C8H16N2O3/c1-13-5-2-7-6-9-3-4-10(7)8(11)12/h7,9H,2-6H2,1H3,(H,11,12)/t7-/m0/s1. The molecule has 1 atom stereocenters. The molecule has 5 nitrogen and oxygen atoms in total. The van der Waals surface area contributed by atoms with Gasteiger partial charge in [0, 0.05) is 39.4 Å². The van der Waals surface area contributed by atoms with Crippen LogP contribution in [0.2, 0.25) is 0 Å². The van der Waals surface area contributed by atoms with E-state index in [1.165, 1.54) is 4.90 Å². The molecule has 0 bridgehead atoms. The Balaban J connectivity index is 2.41. The van der Waals surface area contributed by atoms with Crippen LogP contribution in [0.3, 0.4) is 0 Å². The smallest absolute Gasteiger partial charge is 0.407 e. The van der Waals surface area contributed by atoms with Crippen molar-refractivity contribution in [3.8, 4) is 0 Å². The van der Waals surface area contributed by atoms with Crippen LogP contribution in [-0.4, -0.2) is 55.5 Å². The molecule has 0 unspecified atom stereocenters. The van der Waals surface area contributed by atoms with E-state index < -0.39 is 6.09 Å². The first-order valence-corrected chi connectivity index (χ1v) is 4.45. The van der Waals surface area contributed by atoms with Gasteiger partial charge in [-0.15, -0.1) is 0 Å². The van der Waals surface area contributed by atoms with Crippen LogP contribution < -0.4 is 5.32 Å². The Morgan fingerprint density at radius 1 is 1.77 bits per heavy atom. The van der Waals surface area contributed by atoms with Crippen molar-refractivity contribution in [3.63, 3.8) is 0 Å². The molecule has 13 heavy (non-hydrogen) atoms. The molecule has 0 radical (unpaired) electrons. The third-order valence-electron chi connectivity index (χ3n) is 2.25. The summed E-state index contributed by atoms with van der Waals surface area (Å²) >= 11 is 0. The van der Waals surface area contributed by atoms with Gasteiger partial charge in [-0.1, -0.05) is 0 Å². The molecule has 2 N–H and O–H groups in total. The van der Waals surface area contributed by atoms with Crippen molar-refractivity contribution >= 4 is 6.09 Å². The summed E-state index contributed by atoms with van der Waals surface area (Å²) in [4.78, 5) is 12.3. The Kier molecular flexibility index (Phi) is 3.98. The van der Waals surface area contributed by atoms with E-state index in [0.717, 1.165) is 19.5 Å². The van der Waals surface area contributed by atoms with Gasteiger partial charge in [0.1, 0.15) is 0 Å². The minimum atomic E-state index is -0.831. The largest absolute Gasteiger partial charge is 0.465 e. The molecule has 1 saturated heterocycles. The van der Waals surface area contributed by atoms with Crippen LogP contribution in [0.1, 0.15) is 6.42 Å². The fraction of sp³-hybridized carbons (Fsp3) is 0.875. The molecule has 1 heterocycles. The summed E-state index contributed by atoms with van der Waals surface area (Å²) < 4.78 is 4.93. The number of hydrogen-bond acceptors (Lipinski definition) is 3. The number of rotatable bonds is 3. The number of nitrogens with zero attached hydrogens (tertiary/aromatic N) is 1. The van der Waals surface area contributed by atoms with Crippen LogP contribution >= 0.6 is 0 Å². The van der Waals surface area contributed by atoms with E-state index in [0.29, 0.717) is 13.2 Å². The molecule has 0 aromatic rings. The molecule has 0 saturated carbocycles. The van der Waals surface area contributed by atoms with Gasteiger partial charge in [-0.25, -0.2) is 4.79 Å². The van der Waals surface area contributed by atoms with Crippen LogP contribution in [0.5, 0.6) is 0 Å². The predicted molar refractivity (Wildman–Crippen MR) is 47.9 cm³/mol. The zero-order chi connectivity index (χ0) is 9.68. The highest BCUT2D eigenvalue weighted by Gasteiger charge is 2.25. The molecule has 0 spiro atoms. The Morgan fingerprint density at radius 2 is 2.54 bits per heavy atom. The lowest BCUT2D eigenvalue weighted by molar-refractivity contribution is 0.0934. The van der Waals surface area contributed by atoms with Gasteiger partial charge in [-0.2, -0.15) is 0 Å². The number of ether oxygens (including phenoxy) is 1. The fourth-order valence-electron chi connectivity index (χ4n) is 1.52. The molecule has 0 aliphatic carbocycles. The highest BCUT2D eigenvalue weighted by atomic mass is 16.5. The van der Waals surface area contributed by atoms with Gasteiger partial charge in [0.2, 0.25) is 0 Å². The summed E-state index contributed by atoms with van der Waals surface area (Å²) in [5.41, 5.74) is 0. The van der Waals surface area contributed by atoms with E-state index in [1.54, 1.807) is 7.11 Å². The van der Waals surface area contributed by atoms with E-state index in [4.69, 9.17) is 9.84 Å². The average molecular weight is 188 g/mol. The number of carboxylic acid groups (broad SMARTS) is 1. The first kappa shape index (κ1) is 10.3. The summed E-state index contributed by atoms with van der Waals surface area (Å²) in [6.07, 6.45) is -0.0712. The van der Waals surface area contributed by atoms with Crippen molar-refractivity contribution in [2.75, 3.05) is 33.4 Å². The van der Waals surface area contributed by atoms with Crippen molar-refractivity contribution in [2.24, 2.45) is 0 Å². The second-order valence-electron chi connectivity index (χ2n) is 3.12. The molecule has 0 aromatic heterocycles. The molecule has 1 amide bonds. The molecule has 1 aliphatic rings. The van der Waals surface area contributed by atoms with Crippen molar-refractivity contribution in [3.05, 3.63) is 0 Å². The Morgan fingerprint density at radius 3 is 3.15 bits per heavy atom. The predicted octanol–water partition coefficient (Wildman–Crippen LogP) is -0.0253. The van der Waals surface area contributed by atoms with Gasteiger partial charge in [-0.05, 0) is 6.42 Å². The summed E-state index contributed by atoms with van der Waals surface area (Å²) in [6, 6.07) is 0.0613. The van der Waals surface area contributed by atoms with Crippen LogP contribution in [0.25, 0.3) is 0 Å². The first-order valence-electron chi connectivity index (χ1n) is 4.45. The summed E-state index contributed by atoms with van der Waals surface area (Å²) in [7, 11) is 1.63. The van der Waals surface area contributed by atoms with Gasteiger partial charge < -0.3 is 20.1 Å². The van der Waals surface area contributed by atoms with Gasteiger partial charge in [0.15, 0.2) is 0 Å². The second kappa shape index (κ2) is 5.04. The maximum atomic E-state index is 10.8. The van der Waals surface area contributed by atoms with Crippen LogP contribution in [0, 0.1) is 0 Å². The van der Waals surface area contributed by atoms with Crippen molar-refractivity contribution in [2.45, 2.75) is 12.5 Å². The number of methoxy groups -OCH3 is 1. The molecular weight excluding hydrogens is 172 g/mol. The van der Waals surface area contributed by atoms with Crippen molar-refractivity contribution < 1.29 is 14.6 Å². The lowest BCUT2D eigenvalue weighted by Gasteiger charge is -2.33. The fourth-order valence-corrected chi connectivity index (χ4v) is 1.52. The van der Waals surface area contributed by atoms with Crippen molar-refractivity contribution in [1.82, 2.24) is 10.2 Å². The molecular formula is C8H16N2O3. The number of amides is 1. The monoisotopic (exact) mass is 188 g/mol. The lowest BCUT2D eigenvalue weighted by Crippen LogP contribution is -2.53. The maximum Gasteiger partial charge on any atom is 0.407 e. The minimum Gasteiger partial charge on any atom is -0.465 e. The van der Waals surface area contributed by atoms with Crippen LogP contribution in [0.4, 0.5) is 4.79 Å². The third-order valence-corrected chi connectivity index (χ3v) is 2.25. The van der Waals surface area contributed by atoms with E-state index in [1.807, 2.05) is 0 Å². The Labute approximate surface area is 77.7 Å². The molecule has 1 aliphatic heterocycles. The Bertz CT molecular complexity index is 175. The topological polar surface area (TPSA) is 61.8 Å². The molecule has 1 rings (SSSR count). The molecule has 5 heteroatoms. The van der Waals surface area contributed by atoms with E-state index in [-0.39, 0.29) is 6.04 Å². The SMILES string of the molecule is COCC[C@H]1CNCCN1C(=O)O. The van der Waals surface area contributed by atoms with Crippen LogP contribution in [-0.2, 0) is 4.74 Å². The van der Waals surface area contributed by atoms with E-state index in [9.17, 15) is 4.79 Å². The highest BCUT2D eigenvalue weighted by Crippen LogP contribution is 2.07. The normalized spacial score (nSPS) is 23.2. The number of carbonyl (C=O) groups is 1. The summed E-state index contributed by atoms with van der Waals surface area (Å²) in [5, 5.41) is 12.0. The minimum absolute atomic E-state index is 0.0613. The van der Waals surface area contributed by atoms with Crippen molar-refractivity contribution in [1.29, 1.82) is 0 Å². The third kappa shape index (κ3) is 2.86. The first-order chi connectivity index (χ1) is 6.25. The Hall–Kier alpha value is -0.810. The zero-order valence-corrected chi connectivity index (χ0v) is 7.82. The van der Waals surface area contributed by atoms with Crippen LogP contribution in [0.15, 0.2) is 0 Å². The zero-order valence-electron chi connectivity index (χ0n) is 7.82. The molecule has 1 fully saturated rings. The number of hydrogen-bond donors (Lipinski definition) is 2.